The van der Waals surface area contributed by atoms with E-state index < -0.39 is 23.5 Å². The molecule has 0 radical (unpaired) electrons. The second-order valence-electron chi connectivity index (χ2n) is 8.04. The summed E-state index contributed by atoms with van der Waals surface area (Å²) in [5.41, 5.74) is 0.634. The number of likely N-dealkylation sites (N-methyl/N-ethyl adjacent to an activating group) is 1. The van der Waals surface area contributed by atoms with Crippen LogP contribution in [0.1, 0.15) is 26.3 Å². The highest BCUT2D eigenvalue weighted by atomic mass is 16.6. The van der Waals surface area contributed by atoms with Crippen LogP contribution in [0.15, 0.2) is 24.3 Å². The van der Waals surface area contributed by atoms with E-state index in [1.807, 2.05) is 13.1 Å². The molecule has 0 bridgehead atoms. The molecule has 28 heavy (non-hydrogen) atoms. The zero-order valence-corrected chi connectivity index (χ0v) is 17.3. The van der Waals surface area contributed by atoms with Gasteiger partial charge in [-0.05, 0) is 39.4 Å². The molecule has 0 unspecified atom stereocenters. The molecule has 1 aliphatic rings. The van der Waals surface area contributed by atoms with Gasteiger partial charge >= 0.3 is 17.9 Å². The number of para-hydroxylation sites is 1. The fourth-order valence-corrected chi connectivity index (χ4v) is 2.77. The molecule has 1 aromatic carbocycles. The van der Waals surface area contributed by atoms with Gasteiger partial charge < -0.3 is 24.8 Å². The largest absolute Gasteiger partial charge is 0.444 e. The van der Waals surface area contributed by atoms with Crippen molar-refractivity contribution in [2.75, 3.05) is 45.6 Å². The molecule has 8 heteroatoms. The highest BCUT2D eigenvalue weighted by Gasteiger charge is 2.26. The first-order valence-corrected chi connectivity index (χ1v) is 9.37. The number of nitrogens with one attached hydrogen (secondary N) is 1. The molecule has 0 atom stereocenters. The van der Waals surface area contributed by atoms with Crippen molar-refractivity contribution in [1.82, 2.24) is 14.7 Å². The lowest BCUT2D eigenvalue weighted by molar-refractivity contribution is -0.144. The van der Waals surface area contributed by atoms with E-state index in [0.717, 1.165) is 18.7 Å². The molecule has 8 nitrogen and oxygen atoms in total. The van der Waals surface area contributed by atoms with Crippen LogP contribution in [0.4, 0.5) is 10.5 Å². The zero-order valence-electron chi connectivity index (χ0n) is 17.3. The monoisotopic (exact) mass is 390 g/mol. The first-order valence-electron chi connectivity index (χ1n) is 9.37. The average molecular weight is 390 g/mol. The maximum absolute atomic E-state index is 12.4. The summed E-state index contributed by atoms with van der Waals surface area (Å²) < 4.78 is 5.35. The minimum Gasteiger partial charge on any atom is -0.444 e. The molecule has 1 N–H and O–H groups in total. The number of rotatable bonds is 3. The number of benzene rings is 1. The van der Waals surface area contributed by atoms with Gasteiger partial charge in [0.1, 0.15) is 5.60 Å². The summed E-state index contributed by atoms with van der Waals surface area (Å²) in [6, 6.07) is 7.10. The second kappa shape index (κ2) is 9.05. The minimum atomic E-state index is -0.670. The summed E-state index contributed by atoms with van der Waals surface area (Å²) in [6.45, 7) is 8.21. The van der Waals surface area contributed by atoms with Crippen LogP contribution in [0, 0.1) is 0 Å². The van der Waals surface area contributed by atoms with Crippen molar-refractivity contribution in [3.8, 4) is 0 Å². The Hall–Kier alpha value is -2.61. The molecule has 3 amide bonds. The highest BCUT2D eigenvalue weighted by molar-refractivity contribution is 6.39. The second-order valence-corrected chi connectivity index (χ2v) is 8.04. The van der Waals surface area contributed by atoms with Gasteiger partial charge in [0.15, 0.2) is 0 Å². The van der Waals surface area contributed by atoms with E-state index in [4.69, 9.17) is 4.74 Å². The summed E-state index contributed by atoms with van der Waals surface area (Å²) in [4.78, 5) is 42.1. The van der Waals surface area contributed by atoms with Crippen molar-refractivity contribution in [3.63, 3.8) is 0 Å². The number of piperazine rings is 1. The summed E-state index contributed by atoms with van der Waals surface area (Å²) in [6.07, 6.45) is -0.456. The van der Waals surface area contributed by atoms with Crippen molar-refractivity contribution in [2.24, 2.45) is 0 Å². The van der Waals surface area contributed by atoms with Crippen molar-refractivity contribution < 1.29 is 19.1 Å². The minimum absolute atomic E-state index is 0.244. The molecule has 0 spiro atoms. The molecule has 154 valence electrons. The van der Waals surface area contributed by atoms with Crippen LogP contribution in [-0.4, -0.2) is 78.5 Å². The number of amides is 3. The van der Waals surface area contributed by atoms with E-state index in [2.05, 4.69) is 10.2 Å². The Labute approximate surface area is 166 Å². The van der Waals surface area contributed by atoms with E-state index in [1.165, 1.54) is 4.90 Å². The number of anilines is 1. The Balaban J connectivity index is 2.02. The number of ether oxygens (including phenoxy) is 1. The topological polar surface area (TPSA) is 82.2 Å². The van der Waals surface area contributed by atoms with Gasteiger partial charge in [0.2, 0.25) is 0 Å². The van der Waals surface area contributed by atoms with Gasteiger partial charge in [0.25, 0.3) is 0 Å². The maximum atomic E-state index is 12.4. The maximum Gasteiger partial charge on any atom is 0.410 e. The highest BCUT2D eigenvalue weighted by Crippen LogP contribution is 2.18. The predicted octanol–water partition coefficient (Wildman–Crippen LogP) is 1.77. The quantitative estimate of drug-likeness (QED) is 0.796. The summed E-state index contributed by atoms with van der Waals surface area (Å²) in [5, 5.41) is 2.69. The van der Waals surface area contributed by atoms with Crippen LogP contribution >= 0.6 is 0 Å². The summed E-state index contributed by atoms with van der Waals surface area (Å²) in [7, 11) is 3.61. The molecule has 1 aromatic rings. The number of hydrogen-bond acceptors (Lipinski definition) is 5. The van der Waals surface area contributed by atoms with Crippen LogP contribution < -0.4 is 5.32 Å². The van der Waals surface area contributed by atoms with Gasteiger partial charge in [-0.3, -0.25) is 9.59 Å². The SMILES string of the molecule is CN1CCN(C(=O)C(=O)Nc2ccccc2CN(C)C(=O)OC(C)(C)C)CC1. The average Bonchev–Trinajstić information content (AvgIpc) is 2.61. The van der Waals surface area contributed by atoms with Gasteiger partial charge in [0.05, 0.1) is 6.54 Å². The first-order chi connectivity index (χ1) is 13.1. The van der Waals surface area contributed by atoms with E-state index in [-0.39, 0.29) is 6.54 Å². The Morgan fingerprint density at radius 2 is 1.71 bits per heavy atom. The third kappa shape index (κ3) is 6.23. The van der Waals surface area contributed by atoms with Gasteiger partial charge in [-0.15, -0.1) is 0 Å². The smallest absolute Gasteiger partial charge is 0.410 e. The van der Waals surface area contributed by atoms with Gasteiger partial charge in [-0.25, -0.2) is 4.79 Å². The van der Waals surface area contributed by atoms with Crippen LogP contribution in [0.5, 0.6) is 0 Å². The molecule has 1 saturated heterocycles. The molecule has 1 heterocycles. The lowest BCUT2D eigenvalue weighted by Crippen LogP contribution is -2.50. The van der Waals surface area contributed by atoms with Crippen LogP contribution in [0.3, 0.4) is 0 Å². The Morgan fingerprint density at radius 3 is 2.32 bits per heavy atom. The first kappa shape index (κ1) is 21.7. The number of carbonyl (C=O) groups is 3. The Bertz CT molecular complexity index is 721. The fraction of sp³-hybridized carbons (Fsp3) is 0.550. The molecular formula is C20H30N4O4. The molecular weight excluding hydrogens is 360 g/mol. The van der Waals surface area contributed by atoms with Gasteiger partial charge in [-0.2, -0.15) is 0 Å². The van der Waals surface area contributed by atoms with Crippen LogP contribution in [-0.2, 0) is 20.9 Å². The summed E-state index contributed by atoms with van der Waals surface area (Å²) >= 11 is 0. The summed E-state index contributed by atoms with van der Waals surface area (Å²) in [5.74, 6) is -1.21. The van der Waals surface area contributed by atoms with Crippen molar-refractivity contribution in [2.45, 2.75) is 32.9 Å². The lowest BCUT2D eigenvalue weighted by atomic mass is 10.1. The van der Waals surface area contributed by atoms with E-state index >= 15 is 0 Å². The van der Waals surface area contributed by atoms with Crippen molar-refractivity contribution >= 4 is 23.6 Å². The number of hydrogen-bond donors (Lipinski definition) is 1. The standard InChI is InChI=1S/C20H30N4O4/c1-20(2,3)28-19(27)23(5)14-15-8-6-7-9-16(15)21-17(25)18(26)24-12-10-22(4)11-13-24/h6-9H,10-14H2,1-5H3,(H,21,25). The molecule has 0 aromatic heterocycles. The molecule has 1 fully saturated rings. The molecule has 0 saturated carbocycles. The lowest BCUT2D eigenvalue weighted by Gasteiger charge is -2.31. The third-order valence-corrected chi connectivity index (χ3v) is 4.36. The van der Waals surface area contributed by atoms with Crippen molar-refractivity contribution in [3.05, 3.63) is 29.8 Å². The van der Waals surface area contributed by atoms with Gasteiger partial charge in [0, 0.05) is 38.9 Å². The molecule has 0 aliphatic carbocycles. The van der Waals surface area contributed by atoms with Crippen molar-refractivity contribution in [1.29, 1.82) is 0 Å². The third-order valence-electron chi connectivity index (χ3n) is 4.36. The van der Waals surface area contributed by atoms with Crippen LogP contribution in [0.25, 0.3) is 0 Å². The van der Waals surface area contributed by atoms with Crippen LogP contribution in [0.2, 0.25) is 0 Å². The Morgan fingerprint density at radius 1 is 1.11 bits per heavy atom. The number of carbonyl (C=O) groups excluding carboxylic acids is 3. The normalized spacial score (nSPS) is 15.1. The number of nitrogens with zero attached hydrogens (tertiary/aromatic N) is 3. The molecule has 2 rings (SSSR count). The zero-order chi connectivity index (χ0) is 20.9. The van der Waals surface area contributed by atoms with E-state index in [1.54, 1.807) is 50.9 Å². The van der Waals surface area contributed by atoms with E-state index in [9.17, 15) is 14.4 Å². The predicted molar refractivity (Wildman–Crippen MR) is 107 cm³/mol. The van der Waals surface area contributed by atoms with Gasteiger partial charge in [-0.1, -0.05) is 18.2 Å². The van der Waals surface area contributed by atoms with E-state index in [0.29, 0.717) is 18.8 Å². The Kier molecular flexibility index (Phi) is 7.01. The fourth-order valence-electron chi connectivity index (χ4n) is 2.77. The molecule has 1 aliphatic heterocycles.